The van der Waals surface area contributed by atoms with E-state index in [2.05, 4.69) is 27.4 Å². The Balaban J connectivity index is 1.63. The first kappa shape index (κ1) is 13.3. The first-order valence-electron chi connectivity index (χ1n) is 6.71. The average Bonchev–Trinajstić information content (AvgIpc) is 2.96. The van der Waals surface area contributed by atoms with Crippen LogP contribution >= 0.6 is 11.6 Å². The SMILES string of the molecule is Clc1cnc(NC[C@H]2CCO[C@@H]2c2ccccc2)nc1. The van der Waals surface area contributed by atoms with Crippen molar-refractivity contribution in [2.45, 2.75) is 12.5 Å². The molecule has 1 saturated heterocycles. The maximum atomic E-state index is 5.86. The summed E-state index contributed by atoms with van der Waals surface area (Å²) in [4.78, 5) is 8.28. The molecule has 1 fully saturated rings. The number of rotatable bonds is 4. The predicted molar refractivity (Wildman–Crippen MR) is 78.8 cm³/mol. The molecule has 0 saturated carbocycles. The molecule has 0 amide bonds. The van der Waals surface area contributed by atoms with Crippen molar-refractivity contribution in [1.29, 1.82) is 0 Å². The molecule has 104 valence electrons. The van der Waals surface area contributed by atoms with Crippen LogP contribution in [0.25, 0.3) is 0 Å². The van der Waals surface area contributed by atoms with Crippen LogP contribution in [0.15, 0.2) is 42.7 Å². The van der Waals surface area contributed by atoms with Crippen LogP contribution in [0, 0.1) is 5.92 Å². The van der Waals surface area contributed by atoms with Gasteiger partial charge in [-0.05, 0) is 12.0 Å². The standard InChI is InChI=1S/C15H16ClN3O/c16-13-9-18-15(19-10-13)17-8-12-6-7-20-14(12)11-4-2-1-3-5-11/h1-5,9-10,12,14H,6-8H2,(H,17,18,19)/t12-,14-/m1/s1. The Labute approximate surface area is 123 Å². The molecule has 5 heteroatoms. The van der Waals surface area contributed by atoms with E-state index in [0.29, 0.717) is 16.9 Å². The average molecular weight is 290 g/mol. The van der Waals surface area contributed by atoms with Crippen molar-refractivity contribution in [3.05, 3.63) is 53.3 Å². The third-order valence-electron chi connectivity index (χ3n) is 3.49. The Bertz CT molecular complexity index is 547. The molecule has 1 aromatic carbocycles. The summed E-state index contributed by atoms with van der Waals surface area (Å²) < 4.78 is 5.86. The fraction of sp³-hybridized carbons (Fsp3) is 0.333. The minimum atomic E-state index is 0.149. The van der Waals surface area contributed by atoms with Crippen molar-refractivity contribution in [2.75, 3.05) is 18.5 Å². The molecule has 1 aliphatic heterocycles. The predicted octanol–water partition coefficient (Wildman–Crippen LogP) is 3.32. The molecule has 2 heterocycles. The Morgan fingerprint density at radius 3 is 2.70 bits per heavy atom. The van der Waals surface area contributed by atoms with E-state index in [-0.39, 0.29) is 6.10 Å². The van der Waals surface area contributed by atoms with Gasteiger partial charge in [-0.15, -0.1) is 0 Å². The maximum absolute atomic E-state index is 5.86. The van der Waals surface area contributed by atoms with Crippen molar-refractivity contribution in [1.82, 2.24) is 9.97 Å². The van der Waals surface area contributed by atoms with Crippen LogP contribution in [-0.4, -0.2) is 23.1 Å². The van der Waals surface area contributed by atoms with Crippen LogP contribution in [0.4, 0.5) is 5.95 Å². The summed E-state index contributed by atoms with van der Waals surface area (Å²) >= 11 is 5.77. The zero-order chi connectivity index (χ0) is 13.8. The quantitative estimate of drug-likeness (QED) is 0.938. The molecule has 2 aromatic rings. The van der Waals surface area contributed by atoms with Crippen molar-refractivity contribution in [2.24, 2.45) is 5.92 Å². The lowest BCUT2D eigenvalue weighted by Crippen LogP contribution is -2.18. The van der Waals surface area contributed by atoms with E-state index in [0.717, 1.165) is 19.6 Å². The zero-order valence-electron chi connectivity index (χ0n) is 11.0. The minimum absolute atomic E-state index is 0.149. The minimum Gasteiger partial charge on any atom is -0.373 e. The molecule has 0 radical (unpaired) electrons. The monoisotopic (exact) mass is 289 g/mol. The van der Waals surface area contributed by atoms with Gasteiger partial charge in [0.2, 0.25) is 5.95 Å². The first-order valence-corrected chi connectivity index (χ1v) is 7.09. The summed E-state index contributed by atoms with van der Waals surface area (Å²) in [7, 11) is 0. The number of nitrogens with one attached hydrogen (secondary N) is 1. The van der Waals surface area contributed by atoms with Gasteiger partial charge in [-0.2, -0.15) is 0 Å². The fourth-order valence-electron chi connectivity index (χ4n) is 2.48. The maximum Gasteiger partial charge on any atom is 0.222 e. The highest BCUT2D eigenvalue weighted by Crippen LogP contribution is 2.34. The summed E-state index contributed by atoms with van der Waals surface area (Å²) in [6, 6.07) is 10.3. The lowest BCUT2D eigenvalue weighted by Gasteiger charge is -2.19. The molecule has 20 heavy (non-hydrogen) atoms. The molecule has 0 spiro atoms. The lowest BCUT2D eigenvalue weighted by atomic mass is 9.95. The first-order chi connectivity index (χ1) is 9.83. The van der Waals surface area contributed by atoms with Crippen molar-refractivity contribution in [3.63, 3.8) is 0 Å². The smallest absolute Gasteiger partial charge is 0.222 e. The summed E-state index contributed by atoms with van der Waals surface area (Å²) in [6.45, 7) is 1.59. The third kappa shape index (κ3) is 3.08. The van der Waals surface area contributed by atoms with Crippen molar-refractivity contribution in [3.8, 4) is 0 Å². The van der Waals surface area contributed by atoms with E-state index in [4.69, 9.17) is 16.3 Å². The van der Waals surface area contributed by atoms with Crippen LogP contribution in [0.2, 0.25) is 5.02 Å². The van der Waals surface area contributed by atoms with E-state index in [9.17, 15) is 0 Å². The van der Waals surface area contributed by atoms with Gasteiger partial charge in [-0.3, -0.25) is 0 Å². The number of ether oxygens (including phenoxy) is 1. The second-order valence-corrected chi connectivity index (χ2v) is 5.29. The van der Waals surface area contributed by atoms with Crippen molar-refractivity contribution >= 4 is 17.5 Å². The molecule has 1 aliphatic rings. The number of benzene rings is 1. The second kappa shape index (κ2) is 6.20. The lowest BCUT2D eigenvalue weighted by molar-refractivity contribution is 0.0933. The molecule has 1 aromatic heterocycles. The van der Waals surface area contributed by atoms with Crippen molar-refractivity contribution < 1.29 is 4.74 Å². The molecule has 0 bridgehead atoms. The highest BCUT2D eigenvalue weighted by Gasteiger charge is 2.29. The number of nitrogens with zero attached hydrogens (tertiary/aromatic N) is 2. The molecule has 2 atom stereocenters. The molecule has 0 aliphatic carbocycles. The van der Waals surface area contributed by atoms with Gasteiger partial charge in [-0.25, -0.2) is 9.97 Å². The fourth-order valence-corrected chi connectivity index (χ4v) is 2.58. The number of halogens is 1. The largest absolute Gasteiger partial charge is 0.373 e. The Morgan fingerprint density at radius 2 is 1.95 bits per heavy atom. The van der Waals surface area contributed by atoms with E-state index in [1.165, 1.54) is 5.56 Å². The van der Waals surface area contributed by atoms with Gasteiger partial charge in [0.1, 0.15) is 0 Å². The number of anilines is 1. The highest BCUT2D eigenvalue weighted by molar-refractivity contribution is 6.30. The van der Waals surface area contributed by atoms with Gasteiger partial charge in [0.15, 0.2) is 0 Å². The van der Waals surface area contributed by atoms with Gasteiger partial charge in [-0.1, -0.05) is 41.9 Å². The Kier molecular flexibility index (Phi) is 4.14. The molecule has 0 unspecified atom stereocenters. The number of hydrogen-bond acceptors (Lipinski definition) is 4. The molecule has 4 nitrogen and oxygen atoms in total. The second-order valence-electron chi connectivity index (χ2n) is 4.86. The normalized spacial score (nSPS) is 21.9. The summed E-state index contributed by atoms with van der Waals surface area (Å²) in [5.41, 5.74) is 1.23. The molecular formula is C15H16ClN3O. The topological polar surface area (TPSA) is 47.0 Å². The molecule has 1 N–H and O–H groups in total. The Hall–Kier alpha value is -1.65. The Morgan fingerprint density at radius 1 is 1.20 bits per heavy atom. The molecular weight excluding hydrogens is 274 g/mol. The van der Waals surface area contributed by atoms with Crippen LogP contribution in [-0.2, 0) is 4.74 Å². The number of hydrogen-bond donors (Lipinski definition) is 1. The highest BCUT2D eigenvalue weighted by atomic mass is 35.5. The third-order valence-corrected chi connectivity index (χ3v) is 3.68. The van der Waals surface area contributed by atoms with E-state index in [1.54, 1.807) is 12.4 Å². The van der Waals surface area contributed by atoms with Gasteiger partial charge in [0.25, 0.3) is 0 Å². The van der Waals surface area contributed by atoms with Gasteiger partial charge in [0.05, 0.1) is 23.5 Å². The van der Waals surface area contributed by atoms with Crippen LogP contribution < -0.4 is 5.32 Å². The van der Waals surface area contributed by atoms with Gasteiger partial charge >= 0.3 is 0 Å². The van der Waals surface area contributed by atoms with Gasteiger partial charge < -0.3 is 10.1 Å². The van der Waals surface area contributed by atoms with Crippen LogP contribution in [0.3, 0.4) is 0 Å². The zero-order valence-corrected chi connectivity index (χ0v) is 11.8. The van der Waals surface area contributed by atoms with Crippen LogP contribution in [0.1, 0.15) is 18.1 Å². The van der Waals surface area contributed by atoms with E-state index >= 15 is 0 Å². The van der Waals surface area contributed by atoms with Crippen LogP contribution in [0.5, 0.6) is 0 Å². The van der Waals surface area contributed by atoms with Gasteiger partial charge in [0, 0.05) is 19.1 Å². The molecule has 3 rings (SSSR count). The summed E-state index contributed by atoms with van der Waals surface area (Å²) in [5, 5.41) is 3.80. The van der Waals surface area contributed by atoms with E-state index in [1.807, 2.05) is 18.2 Å². The summed E-state index contributed by atoms with van der Waals surface area (Å²) in [5.74, 6) is 1.03. The summed E-state index contributed by atoms with van der Waals surface area (Å²) in [6.07, 6.45) is 4.38. The number of aromatic nitrogens is 2. The van der Waals surface area contributed by atoms with E-state index < -0.39 is 0 Å².